The van der Waals surface area contributed by atoms with Crippen LogP contribution < -0.4 is 11.1 Å². The van der Waals surface area contributed by atoms with E-state index in [-0.39, 0.29) is 23.0 Å². The number of piperidine rings is 1. The molecule has 0 radical (unpaired) electrons. The number of likely N-dealkylation sites (N-methyl/N-ethyl adjacent to an activating group) is 1. The molecule has 8 heteroatoms. The first-order chi connectivity index (χ1) is 9.86. The summed E-state index contributed by atoms with van der Waals surface area (Å²) >= 11 is 0. The van der Waals surface area contributed by atoms with Crippen LogP contribution in [-0.4, -0.2) is 38.3 Å². The Morgan fingerprint density at radius 1 is 1.38 bits per heavy atom. The van der Waals surface area contributed by atoms with Crippen LogP contribution in [0.1, 0.15) is 19.3 Å². The fourth-order valence-corrected chi connectivity index (χ4v) is 4.21. The van der Waals surface area contributed by atoms with Crippen LogP contribution in [0.25, 0.3) is 0 Å². The molecule has 116 valence electrons. The number of carbonyl (C=O) groups excluding carboxylic acids is 1. The van der Waals surface area contributed by atoms with E-state index in [0.29, 0.717) is 12.8 Å². The van der Waals surface area contributed by atoms with E-state index in [1.165, 1.54) is 13.1 Å². The van der Waals surface area contributed by atoms with Gasteiger partial charge in [-0.2, -0.15) is 4.31 Å². The first kappa shape index (κ1) is 15.7. The monoisotopic (exact) mass is 315 g/mol. The Morgan fingerprint density at radius 3 is 2.71 bits per heavy atom. The van der Waals surface area contributed by atoms with Crippen LogP contribution in [0.2, 0.25) is 0 Å². The Labute approximate surface area is 123 Å². The van der Waals surface area contributed by atoms with E-state index >= 15 is 0 Å². The van der Waals surface area contributed by atoms with Gasteiger partial charge in [-0.25, -0.2) is 12.8 Å². The van der Waals surface area contributed by atoms with Gasteiger partial charge in [0.2, 0.25) is 15.9 Å². The summed E-state index contributed by atoms with van der Waals surface area (Å²) in [4.78, 5) is 11.6. The molecule has 1 aliphatic heterocycles. The minimum atomic E-state index is -3.96. The number of sulfonamides is 1. The maximum atomic E-state index is 13.4. The number of amides is 1. The highest BCUT2D eigenvalue weighted by Gasteiger charge is 2.37. The van der Waals surface area contributed by atoms with Crippen molar-refractivity contribution in [1.82, 2.24) is 9.62 Å². The number of halogens is 1. The lowest BCUT2D eigenvalue weighted by Crippen LogP contribution is -2.51. The maximum absolute atomic E-state index is 13.4. The zero-order valence-electron chi connectivity index (χ0n) is 11.7. The summed E-state index contributed by atoms with van der Waals surface area (Å²) in [6.07, 6.45) is 1.89. The predicted molar refractivity (Wildman–Crippen MR) is 76.4 cm³/mol. The van der Waals surface area contributed by atoms with Crippen LogP contribution in [0.3, 0.4) is 0 Å². The van der Waals surface area contributed by atoms with Gasteiger partial charge in [0.15, 0.2) is 0 Å². The van der Waals surface area contributed by atoms with E-state index in [9.17, 15) is 17.6 Å². The van der Waals surface area contributed by atoms with Crippen LogP contribution in [0, 0.1) is 5.82 Å². The molecule has 3 N–H and O–H groups in total. The zero-order valence-corrected chi connectivity index (χ0v) is 12.5. The Morgan fingerprint density at radius 2 is 2.10 bits per heavy atom. The third-order valence-corrected chi connectivity index (χ3v) is 5.39. The summed E-state index contributed by atoms with van der Waals surface area (Å²) < 4.78 is 39.8. The first-order valence-electron chi connectivity index (χ1n) is 6.66. The van der Waals surface area contributed by atoms with Crippen molar-refractivity contribution in [2.75, 3.05) is 19.3 Å². The summed E-state index contributed by atoms with van der Waals surface area (Å²) in [6.45, 7) is 0.233. The van der Waals surface area contributed by atoms with Gasteiger partial charge in [0.1, 0.15) is 11.9 Å². The molecule has 1 aromatic rings. The van der Waals surface area contributed by atoms with Crippen molar-refractivity contribution in [2.24, 2.45) is 0 Å². The first-order valence-corrected chi connectivity index (χ1v) is 8.10. The lowest BCUT2D eigenvalue weighted by molar-refractivity contribution is -0.125. The van der Waals surface area contributed by atoms with Gasteiger partial charge in [0.05, 0.1) is 4.90 Å². The van der Waals surface area contributed by atoms with Gasteiger partial charge >= 0.3 is 0 Å². The number of nitrogens with zero attached hydrogens (tertiary/aromatic N) is 1. The molecule has 1 unspecified atom stereocenters. The summed E-state index contributed by atoms with van der Waals surface area (Å²) in [7, 11) is -2.50. The van der Waals surface area contributed by atoms with Crippen LogP contribution in [0.15, 0.2) is 23.1 Å². The highest BCUT2D eigenvalue weighted by molar-refractivity contribution is 7.89. The highest BCUT2D eigenvalue weighted by Crippen LogP contribution is 2.27. The van der Waals surface area contributed by atoms with Gasteiger partial charge < -0.3 is 11.1 Å². The number of anilines is 1. The Hall–Kier alpha value is -1.67. The van der Waals surface area contributed by atoms with Gasteiger partial charge in [-0.15, -0.1) is 0 Å². The highest BCUT2D eigenvalue weighted by atomic mass is 32.2. The fourth-order valence-electron chi connectivity index (χ4n) is 2.49. The number of nitrogen functional groups attached to an aromatic ring is 1. The van der Waals surface area contributed by atoms with E-state index in [4.69, 9.17) is 5.73 Å². The standard InChI is InChI=1S/C13H18FN3O3S/c1-16-13(18)12-4-2-3-5-17(12)21(19,20)11-7-9(14)6-10(15)8-11/h6-8,12H,2-5,15H2,1H3,(H,16,18). The lowest BCUT2D eigenvalue weighted by atomic mass is 10.0. The quantitative estimate of drug-likeness (QED) is 0.803. The van der Waals surface area contributed by atoms with Crippen molar-refractivity contribution in [3.05, 3.63) is 24.0 Å². The third kappa shape index (κ3) is 3.16. The number of benzene rings is 1. The zero-order chi connectivity index (χ0) is 15.6. The molecule has 0 spiro atoms. The van der Waals surface area contributed by atoms with E-state index < -0.39 is 21.9 Å². The maximum Gasteiger partial charge on any atom is 0.243 e. The van der Waals surface area contributed by atoms with Crippen LogP contribution in [0.5, 0.6) is 0 Å². The second-order valence-corrected chi connectivity index (χ2v) is 6.85. The predicted octanol–water partition coefficient (Wildman–Crippen LogP) is 0.697. The largest absolute Gasteiger partial charge is 0.399 e. The summed E-state index contributed by atoms with van der Waals surface area (Å²) in [6, 6.07) is 2.40. The van der Waals surface area contributed by atoms with Crippen molar-refractivity contribution in [3.63, 3.8) is 0 Å². The van der Waals surface area contributed by atoms with Crippen LogP contribution >= 0.6 is 0 Å². The van der Waals surface area contributed by atoms with Crippen molar-refractivity contribution >= 4 is 21.6 Å². The molecular weight excluding hydrogens is 297 g/mol. The number of hydrogen-bond donors (Lipinski definition) is 2. The van der Waals surface area contributed by atoms with E-state index in [0.717, 1.165) is 22.9 Å². The second-order valence-electron chi connectivity index (χ2n) is 4.96. The SMILES string of the molecule is CNC(=O)C1CCCCN1S(=O)(=O)c1cc(N)cc(F)c1. The molecule has 1 aromatic carbocycles. The van der Waals surface area contributed by atoms with Gasteiger partial charge in [-0.05, 0) is 31.0 Å². The summed E-state index contributed by atoms with van der Waals surface area (Å²) in [5, 5.41) is 2.47. The Bertz CT molecular complexity index is 628. The lowest BCUT2D eigenvalue weighted by Gasteiger charge is -2.33. The van der Waals surface area contributed by atoms with Crippen LogP contribution in [0.4, 0.5) is 10.1 Å². The average Bonchev–Trinajstić information content (AvgIpc) is 2.45. The summed E-state index contributed by atoms with van der Waals surface area (Å²) in [5.74, 6) is -1.08. The fraction of sp³-hybridized carbons (Fsp3) is 0.462. The molecular formula is C13H18FN3O3S. The number of nitrogens with one attached hydrogen (secondary N) is 1. The topological polar surface area (TPSA) is 92.5 Å². The molecule has 1 atom stereocenters. The summed E-state index contributed by atoms with van der Waals surface area (Å²) in [5.41, 5.74) is 5.53. The van der Waals surface area contributed by atoms with Gasteiger partial charge in [-0.1, -0.05) is 6.42 Å². The molecule has 0 bridgehead atoms. The van der Waals surface area contributed by atoms with Gasteiger partial charge in [0, 0.05) is 19.3 Å². The third-order valence-electron chi connectivity index (χ3n) is 3.50. The van der Waals surface area contributed by atoms with Crippen molar-refractivity contribution < 1.29 is 17.6 Å². The molecule has 21 heavy (non-hydrogen) atoms. The second kappa shape index (κ2) is 5.98. The van der Waals surface area contributed by atoms with Crippen LogP contribution in [-0.2, 0) is 14.8 Å². The molecule has 1 saturated heterocycles. The number of carbonyl (C=O) groups is 1. The molecule has 1 fully saturated rings. The van der Waals surface area contributed by atoms with Crippen molar-refractivity contribution in [1.29, 1.82) is 0 Å². The molecule has 2 rings (SSSR count). The molecule has 1 aliphatic rings. The molecule has 0 aromatic heterocycles. The molecule has 0 saturated carbocycles. The van der Waals surface area contributed by atoms with Crippen molar-refractivity contribution in [3.8, 4) is 0 Å². The number of nitrogens with two attached hydrogens (primary N) is 1. The minimum Gasteiger partial charge on any atom is -0.399 e. The molecule has 6 nitrogen and oxygen atoms in total. The van der Waals surface area contributed by atoms with Crippen molar-refractivity contribution in [2.45, 2.75) is 30.2 Å². The smallest absolute Gasteiger partial charge is 0.243 e. The normalized spacial score (nSPS) is 20.2. The van der Waals surface area contributed by atoms with Gasteiger partial charge in [0.25, 0.3) is 0 Å². The molecule has 1 heterocycles. The number of hydrogen-bond acceptors (Lipinski definition) is 4. The Balaban J connectivity index is 2.42. The van der Waals surface area contributed by atoms with E-state index in [1.54, 1.807) is 0 Å². The number of rotatable bonds is 3. The van der Waals surface area contributed by atoms with E-state index in [1.807, 2.05) is 0 Å². The molecule has 0 aliphatic carbocycles. The molecule has 1 amide bonds. The van der Waals surface area contributed by atoms with Gasteiger partial charge in [-0.3, -0.25) is 4.79 Å². The Kier molecular flexibility index (Phi) is 4.48. The van der Waals surface area contributed by atoms with E-state index in [2.05, 4.69) is 5.32 Å². The minimum absolute atomic E-state index is 0.0297. The average molecular weight is 315 g/mol.